The highest BCUT2D eigenvalue weighted by atomic mass is 127. The van der Waals surface area contributed by atoms with E-state index in [0.717, 1.165) is 17.8 Å². The van der Waals surface area contributed by atoms with Crippen LogP contribution in [0, 0.1) is 13.8 Å². The van der Waals surface area contributed by atoms with Crippen LogP contribution < -0.4 is 15.8 Å². The van der Waals surface area contributed by atoms with Gasteiger partial charge in [0.05, 0.1) is 18.0 Å². The lowest BCUT2D eigenvalue weighted by Crippen LogP contribution is -2.43. The number of sulfonamides is 1. The first-order valence-electron chi connectivity index (χ1n) is 7.68. The molecule has 24 heavy (non-hydrogen) atoms. The Morgan fingerprint density at radius 1 is 1.42 bits per heavy atom. The highest BCUT2D eigenvalue weighted by molar-refractivity contribution is 14.0. The quantitative estimate of drug-likeness (QED) is 0.303. The molecule has 10 heteroatoms. The van der Waals surface area contributed by atoms with Gasteiger partial charge in [0, 0.05) is 25.3 Å². The Hall–Kier alpha value is -0.880. The Morgan fingerprint density at radius 2 is 2.04 bits per heavy atom. The summed E-state index contributed by atoms with van der Waals surface area (Å²) in [5, 5.41) is 15.8. The molecule has 0 aliphatic heterocycles. The standard InChI is InChI=1S/C14H28N6O2S.HI/c1-6-16-14(17-7-8-23(15,21)22)18-10(2)9-13-11(3)19-20(5)12(13)4;/h10H,6-9H2,1-5H3,(H2,15,21,22)(H2,16,17,18);1H. The summed E-state index contributed by atoms with van der Waals surface area (Å²) in [6, 6.07) is 0.129. The van der Waals surface area contributed by atoms with E-state index in [2.05, 4.69) is 27.6 Å². The maximum absolute atomic E-state index is 11.0. The number of hydrogen-bond donors (Lipinski definition) is 3. The highest BCUT2D eigenvalue weighted by Crippen LogP contribution is 2.14. The fourth-order valence-electron chi connectivity index (χ4n) is 2.31. The van der Waals surface area contributed by atoms with Crippen molar-refractivity contribution in [3.8, 4) is 0 Å². The smallest absolute Gasteiger partial charge is 0.210 e. The molecule has 1 rings (SSSR count). The van der Waals surface area contributed by atoms with E-state index in [-0.39, 0.29) is 42.3 Å². The number of nitrogens with one attached hydrogen (secondary N) is 2. The Bertz CT molecular complexity index is 656. The molecule has 0 fully saturated rings. The SMILES string of the molecule is CCNC(=NCCS(N)(=O)=O)NC(C)Cc1c(C)nn(C)c1C.I. The molecule has 0 spiro atoms. The summed E-state index contributed by atoms with van der Waals surface area (Å²) < 4.78 is 23.8. The molecule has 0 radical (unpaired) electrons. The van der Waals surface area contributed by atoms with Crippen molar-refractivity contribution in [3.05, 3.63) is 17.0 Å². The van der Waals surface area contributed by atoms with Crippen LogP contribution >= 0.6 is 24.0 Å². The van der Waals surface area contributed by atoms with Crippen molar-refractivity contribution < 1.29 is 8.42 Å². The lowest BCUT2D eigenvalue weighted by atomic mass is 10.1. The van der Waals surface area contributed by atoms with Gasteiger partial charge in [-0.25, -0.2) is 13.6 Å². The summed E-state index contributed by atoms with van der Waals surface area (Å²) in [5.41, 5.74) is 3.38. The van der Waals surface area contributed by atoms with E-state index in [0.29, 0.717) is 12.5 Å². The topological polar surface area (TPSA) is 114 Å². The molecular weight excluding hydrogens is 443 g/mol. The predicted octanol–water partition coefficient (Wildman–Crippen LogP) is 0.430. The Kier molecular flexibility index (Phi) is 9.81. The summed E-state index contributed by atoms with van der Waals surface area (Å²) in [4.78, 5) is 4.24. The van der Waals surface area contributed by atoms with Crippen molar-refractivity contribution >= 4 is 40.0 Å². The van der Waals surface area contributed by atoms with Gasteiger partial charge in [-0.3, -0.25) is 9.67 Å². The van der Waals surface area contributed by atoms with Crippen molar-refractivity contribution in [1.29, 1.82) is 0 Å². The first-order chi connectivity index (χ1) is 10.6. The van der Waals surface area contributed by atoms with E-state index in [9.17, 15) is 8.42 Å². The van der Waals surface area contributed by atoms with Gasteiger partial charge in [-0.05, 0) is 39.7 Å². The van der Waals surface area contributed by atoms with Crippen molar-refractivity contribution in [2.75, 3.05) is 18.8 Å². The average molecular weight is 472 g/mol. The highest BCUT2D eigenvalue weighted by Gasteiger charge is 2.14. The molecule has 0 saturated heterocycles. The molecule has 1 aromatic rings. The molecule has 0 amide bonds. The first-order valence-corrected chi connectivity index (χ1v) is 9.40. The molecule has 0 saturated carbocycles. The van der Waals surface area contributed by atoms with Crippen LogP contribution in [0.3, 0.4) is 0 Å². The third kappa shape index (κ3) is 7.79. The molecule has 0 aliphatic rings. The minimum absolute atomic E-state index is 0. The van der Waals surface area contributed by atoms with Crippen molar-refractivity contribution in [1.82, 2.24) is 20.4 Å². The lowest BCUT2D eigenvalue weighted by molar-refractivity contribution is 0.597. The summed E-state index contributed by atoms with van der Waals surface area (Å²) in [6.07, 6.45) is 0.811. The van der Waals surface area contributed by atoms with Gasteiger partial charge in [0.2, 0.25) is 10.0 Å². The van der Waals surface area contributed by atoms with Gasteiger partial charge in [0.1, 0.15) is 0 Å². The number of nitrogens with zero attached hydrogens (tertiary/aromatic N) is 3. The predicted molar refractivity (Wildman–Crippen MR) is 108 cm³/mol. The van der Waals surface area contributed by atoms with Crippen LogP contribution in [0.4, 0.5) is 0 Å². The molecule has 1 heterocycles. The van der Waals surface area contributed by atoms with Gasteiger partial charge in [-0.15, -0.1) is 24.0 Å². The van der Waals surface area contributed by atoms with Gasteiger partial charge in [0.15, 0.2) is 5.96 Å². The number of primary sulfonamides is 1. The summed E-state index contributed by atoms with van der Waals surface area (Å²) in [5.74, 6) is 0.418. The molecule has 0 bridgehead atoms. The lowest BCUT2D eigenvalue weighted by Gasteiger charge is -2.18. The van der Waals surface area contributed by atoms with E-state index in [1.54, 1.807) is 0 Å². The number of aromatic nitrogens is 2. The number of hydrogen-bond acceptors (Lipinski definition) is 4. The van der Waals surface area contributed by atoms with Gasteiger partial charge in [-0.1, -0.05) is 0 Å². The summed E-state index contributed by atoms with van der Waals surface area (Å²) in [6.45, 7) is 8.88. The number of aryl methyl sites for hydroxylation is 2. The van der Waals surface area contributed by atoms with Crippen LogP contribution in [0.15, 0.2) is 4.99 Å². The molecule has 0 aliphatic carbocycles. The van der Waals surface area contributed by atoms with E-state index >= 15 is 0 Å². The molecule has 8 nitrogen and oxygen atoms in total. The second-order valence-corrected chi connectivity index (χ2v) is 7.38. The maximum atomic E-state index is 11.0. The fourth-order valence-corrected chi connectivity index (χ4v) is 2.65. The Balaban J connectivity index is 0.00000529. The van der Waals surface area contributed by atoms with Crippen LogP contribution in [-0.2, 0) is 23.5 Å². The number of nitrogens with two attached hydrogens (primary N) is 1. The number of halogens is 1. The summed E-state index contributed by atoms with van der Waals surface area (Å²) in [7, 11) is -1.56. The van der Waals surface area contributed by atoms with Gasteiger partial charge in [-0.2, -0.15) is 5.10 Å². The molecule has 1 aromatic heterocycles. The van der Waals surface area contributed by atoms with Crippen LogP contribution in [-0.4, -0.2) is 49.0 Å². The third-order valence-corrected chi connectivity index (χ3v) is 4.29. The Morgan fingerprint density at radius 3 is 2.50 bits per heavy atom. The van der Waals surface area contributed by atoms with Crippen molar-refractivity contribution in [3.63, 3.8) is 0 Å². The monoisotopic (exact) mass is 472 g/mol. The molecule has 140 valence electrons. The third-order valence-electron chi connectivity index (χ3n) is 3.54. The van der Waals surface area contributed by atoms with E-state index in [1.165, 1.54) is 5.56 Å². The zero-order chi connectivity index (χ0) is 17.6. The minimum atomic E-state index is -3.49. The van der Waals surface area contributed by atoms with Crippen LogP contribution in [0.2, 0.25) is 0 Å². The summed E-state index contributed by atoms with van der Waals surface area (Å²) >= 11 is 0. The minimum Gasteiger partial charge on any atom is -0.357 e. The van der Waals surface area contributed by atoms with Crippen LogP contribution in [0.25, 0.3) is 0 Å². The second kappa shape index (κ2) is 10.2. The Labute approximate surface area is 161 Å². The van der Waals surface area contributed by atoms with Crippen LogP contribution in [0.1, 0.15) is 30.8 Å². The van der Waals surface area contributed by atoms with E-state index < -0.39 is 10.0 Å². The maximum Gasteiger partial charge on any atom is 0.210 e. The molecule has 1 unspecified atom stereocenters. The molecule has 1 atom stereocenters. The van der Waals surface area contributed by atoms with Gasteiger partial charge >= 0.3 is 0 Å². The molecular formula is C14H29IN6O2S. The fraction of sp³-hybridized carbons (Fsp3) is 0.714. The zero-order valence-corrected chi connectivity index (χ0v) is 18.1. The van der Waals surface area contributed by atoms with Crippen molar-refractivity contribution in [2.24, 2.45) is 17.2 Å². The van der Waals surface area contributed by atoms with Gasteiger partial charge in [0.25, 0.3) is 0 Å². The second-order valence-electron chi connectivity index (χ2n) is 5.65. The van der Waals surface area contributed by atoms with Crippen molar-refractivity contribution in [2.45, 2.75) is 40.2 Å². The van der Waals surface area contributed by atoms with E-state index in [1.807, 2.05) is 32.5 Å². The molecule has 4 N–H and O–H groups in total. The number of aliphatic imine (C=N–C) groups is 1. The number of rotatable bonds is 7. The van der Waals surface area contributed by atoms with Crippen LogP contribution in [0.5, 0.6) is 0 Å². The first kappa shape index (κ1) is 23.1. The zero-order valence-electron chi connectivity index (χ0n) is 15.0. The molecule has 0 aromatic carbocycles. The van der Waals surface area contributed by atoms with E-state index in [4.69, 9.17) is 5.14 Å². The normalized spacial score (nSPS) is 13.3. The average Bonchev–Trinajstić information content (AvgIpc) is 2.64. The largest absolute Gasteiger partial charge is 0.357 e. The number of guanidine groups is 1. The van der Waals surface area contributed by atoms with Gasteiger partial charge < -0.3 is 10.6 Å².